The predicted molar refractivity (Wildman–Crippen MR) is 285 cm³/mol. The molecule has 6 heteroatoms. The molecule has 3 aromatic heterocycles. The number of hydrogen-bond acceptors (Lipinski definition) is 4. The highest BCUT2D eigenvalue weighted by Gasteiger charge is 2.27. The summed E-state index contributed by atoms with van der Waals surface area (Å²) < 4.78 is 11.3. The summed E-state index contributed by atoms with van der Waals surface area (Å²) in [6.07, 6.45) is -0.391. The predicted octanol–water partition coefficient (Wildman–Crippen LogP) is 15.6. The Morgan fingerprint density at radius 3 is 1.55 bits per heavy atom. The van der Waals surface area contributed by atoms with Gasteiger partial charge >= 0.3 is 0 Å². The van der Waals surface area contributed by atoms with Crippen molar-refractivity contribution in [3.63, 3.8) is 0 Å². The van der Waals surface area contributed by atoms with Crippen LogP contribution in [-0.4, -0.2) is 20.8 Å². The zero-order valence-electron chi connectivity index (χ0n) is 37.3. The molecule has 324 valence electrons. The average molecular weight is 884 g/mol. The fraction of sp³-hybridized carbons (Fsp3) is 0.0159. The van der Waals surface area contributed by atoms with Gasteiger partial charge in [-0.2, -0.15) is 0 Å². The van der Waals surface area contributed by atoms with Crippen molar-refractivity contribution < 1.29 is 4.42 Å². The van der Waals surface area contributed by atoms with E-state index in [1.54, 1.807) is 0 Å². The smallest absolute Gasteiger partial charge is 0.159 e. The lowest BCUT2D eigenvalue weighted by atomic mass is 9.92. The van der Waals surface area contributed by atoms with E-state index < -0.39 is 6.17 Å². The number of fused-ring (bicyclic) bond motifs is 9. The molecule has 13 aromatic rings. The van der Waals surface area contributed by atoms with Crippen molar-refractivity contribution in [2.75, 3.05) is 0 Å². The molecule has 0 radical (unpaired) electrons. The van der Waals surface area contributed by atoms with Crippen LogP contribution in [0.25, 0.3) is 99.2 Å². The minimum atomic E-state index is -0.391. The highest BCUT2D eigenvalue weighted by Crippen LogP contribution is 2.45. The van der Waals surface area contributed by atoms with E-state index in [4.69, 9.17) is 14.4 Å². The number of para-hydroxylation sites is 4. The lowest BCUT2D eigenvalue weighted by Gasteiger charge is -2.26. The van der Waals surface area contributed by atoms with E-state index in [0.717, 1.165) is 89.1 Å². The maximum absolute atomic E-state index is 6.39. The van der Waals surface area contributed by atoms with Crippen molar-refractivity contribution in [1.29, 1.82) is 0 Å². The SMILES string of the molecule is c1ccc(-c2cc(C3=NC(c4ccc5c(c4)oc4ccccc45)=NC(c4ccccc4)N3)cc(-c3ccccc3)c2-n2c3ccccc3c3cc4c(cc32)c2ccccc2n4-c2ccccc2)cc1. The summed E-state index contributed by atoms with van der Waals surface area (Å²) in [6.45, 7) is 0. The largest absolute Gasteiger partial charge is 0.456 e. The Morgan fingerprint density at radius 1 is 0.377 bits per heavy atom. The van der Waals surface area contributed by atoms with Crippen LogP contribution in [0.5, 0.6) is 0 Å². The summed E-state index contributed by atoms with van der Waals surface area (Å²) in [5.74, 6) is 1.37. The first-order valence-corrected chi connectivity index (χ1v) is 23.4. The molecule has 1 unspecified atom stereocenters. The molecule has 1 aliphatic heterocycles. The van der Waals surface area contributed by atoms with Crippen molar-refractivity contribution >= 4 is 77.2 Å². The third-order valence-corrected chi connectivity index (χ3v) is 13.8. The first kappa shape index (κ1) is 39.0. The molecule has 6 nitrogen and oxygen atoms in total. The Labute approximate surface area is 397 Å². The molecule has 69 heavy (non-hydrogen) atoms. The van der Waals surface area contributed by atoms with Gasteiger partial charge in [0.25, 0.3) is 0 Å². The molecular weight excluding hydrogens is 843 g/mol. The molecule has 0 bridgehead atoms. The molecule has 0 amide bonds. The molecule has 0 aliphatic carbocycles. The summed E-state index contributed by atoms with van der Waals surface area (Å²) >= 11 is 0. The number of aliphatic imine (C=N–C) groups is 2. The van der Waals surface area contributed by atoms with Gasteiger partial charge in [-0.25, -0.2) is 9.98 Å². The third kappa shape index (κ3) is 6.34. The molecule has 0 fully saturated rings. The zero-order chi connectivity index (χ0) is 45.4. The number of furan rings is 1. The van der Waals surface area contributed by atoms with Gasteiger partial charge in [0.15, 0.2) is 5.84 Å². The summed E-state index contributed by atoms with van der Waals surface area (Å²) in [5.41, 5.74) is 15.7. The summed E-state index contributed by atoms with van der Waals surface area (Å²) in [6, 6.07) is 84.2. The molecule has 0 spiro atoms. The highest BCUT2D eigenvalue weighted by molar-refractivity contribution is 6.20. The number of hydrogen-bond donors (Lipinski definition) is 1. The van der Waals surface area contributed by atoms with E-state index in [2.05, 4.69) is 227 Å². The van der Waals surface area contributed by atoms with Gasteiger partial charge in [0.2, 0.25) is 0 Å². The van der Waals surface area contributed by atoms with Crippen LogP contribution in [0.4, 0.5) is 0 Å². The zero-order valence-corrected chi connectivity index (χ0v) is 37.3. The number of amidine groups is 2. The van der Waals surface area contributed by atoms with Gasteiger partial charge in [-0.3, -0.25) is 0 Å². The fourth-order valence-electron chi connectivity index (χ4n) is 10.6. The van der Waals surface area contributed by atoms with E-state index >= 15 is 0 Å². The van der Waals surface area contributed by atoms with Gasteiger partial charge in [0.1, 0.15) is 23.2 Å². The maximum Gasteiger partial charge on any atom is 0.159 e. The van der Waals surface area contributed by atoms with E-state index in [1.807, 2.05) is 24.3 Å². The summed E-state index contributed by atoms with van der Waals surface area (Å²) in [4.78, 5) is 10.7. The molecule has 0 saturated carbocycles. The lowest BCUT2D eigenvalue weighted by Crippen LogP contribution is -2.33. The second kappa shape index (κ2) is 15.7. The number of aromatic nitrogens is 2. The van der Waals surface area contributed by atoms with E-state index in [1.165, 1.54) is 32.6 Å². The van der Waals surface area contributed by atoms with Crippen molar-refractivity contribution in [2.45, 2.75) is 6.17 Å². The van der Waals surface area contributed by atoms with Crippen molar-refractivity contribution in [2.24, 2.45) is 9.98 Å². The molecular formula is C63H41N5O. The molecule has 10 aromatic carbocycles. The summed E-state index contributed by atoms with van der Waals surface area (Å²) in [5, 5.41) is 10.7. The molecule has 4 heterocycles. The standard InChI is InChI=1S/C63H41N5O/c1-5-19-40(20-6-1)50-35-44(63-65-61(42-23-9-3-10-24-42)64-62(66-63)43-33-34-49-48-29-15-18-32-58(48)69-59(49)37-43)36-51(41-21-7-2-8-22-41)60(50)68-55-31-17-14-28-47(55)53-38-56-52(39-57(53)68)46-27-13-16-30-54(46)67(56)45-25-11-4-12-26-45/h1-39,61H,(H,64,65,66). The van der Waals surface area contributed by atoms with Crippen molar-refractivity contribution in [1.82, 2.24) is 14.5 Å². The third-order valence-electron chi connectivity index (χ3n) is 13.8. The van der Waals surface area contributed by atoms with Crippen molar-refractivity contribution in [3.05, 3.63) is 253 Å². The van der Waals surface area contributed by atoms with E-state index in [-0.39, 0.29) is 0 Å². The average Bonchev–Trinajstić information content (AvgIpc) is 4.07. The second-order valence-corrected chi connectivity index (χ2v) is 17.8. The highest BCUT2D eigenvalue weighted by atomic mass is 16.3. The number of nitrogens with zero attached hydrogens (tertiary/aromatic N) is 4. The van der Waals surface area contributed by atoms with Crippen LogP contribution in [-0.2, 0) is 0 Å². The summed E-state index contributed by atoms with van der Waals surface area (Å²) in [7, 11) is 0. The molecule has 0 saturated heterocycles. The number of nitrogens with one attached hydrogen (secondary N) is 1. The van der Waals surface area contributed by atoms with Crippen LogP contribution in [0.15, 0.2) is 251 Å². The van der Waals surface area contributed by atoms with Gasteiger partial charge in [-0.15, -0.1) is 0 Å². The Bertz CT molecular complexity index is 4140. The monoisotopic (exact) mass is 883 g/mol. The topological polar surface area (TPSA) is 59.8 Å². The number of benzene rings is 10. The van der Waals surface area contributed by atoms with Crippen LogP contribution in [0.3, 0.4) is 0 Å². The molecule has 1 N–H and O–H groups in total. The quantitative estimate of drug-likeness (QED) is 0.173. The number of rotatable bonds is 7. The Hall–Kier alpha value is -9.26. The fourth-order valence-corrected chi connectivity index (χ4v) is 10.6. The Morgan fingerprint density at radius 2 is 0.899 bits per heavy atom. The van der Waals surface area contributed by atoms with Crippen molar-refractivity contribution in [3.8, 4) is 33.6 Å². The second-order valence-electron chi connectivity index (χ2n) is 17.8. The van der Waals surface area contributed by atoms with Gasteiger partial charge in [0.05, 0.1) is 27.8 Å². The molecule has 1 atom stereocenters. The van der Waals surface area contributed by atoms with E-state index in [9.17, 15) is 0 Å². The van der Waals surface area contributed by atoms with Crippen LogP contribution in [0.2, 0.25) is 0 Å². The lowest BCUT2D eigenvalue weighted by molar-refractivity contribution is 0.667. The Balaban J connectivity index is 1.05. The molecule has 14 rings (SSSR count). The van der Waals surface area contributed by atoms with Crippen LogP contribution in [0, 0.1) is 0 Å². The molecule has 1 aliphatic rings. The van der Waals surface area contributed by atoms with Gasteiger partial charge in [0, 0.05) is 60.3 Å². The van der Waals surface area contributed by atoms with Crippen LogP contribution >= 0.6 is 0 Å². The van der Waals surface area contributed by atoms with Gasteiger partial charge < -0.3 is 18.9 Å². The first-order chi connectivity index (χ1) is 34.2. The minimum absolute atomic E-state index is 0.391. The Kier molecular flexibility index (Phi) is 8.86. The van der Waals surface area contributed by atoms with Gasteiger partial charge in [-0.1, -0.05) is 170 Å². The van der Waals surface area contributed by atoms with Gasteiger partial charge in [-0.05, 0) is 83.4 Å². The first-order valence-electron chi connectivity index (χ1n) is 23.4. The van der Waals surface area contributed by atoms with Crippen LogP contribution in [0.1, 0.15) is 22.9 Å². The maximum atomic E-state index is 6.39. The van der Waals surface area contributed by atoms with Crippen LogP contribution < -0.4 is 5.32 Å². The minimum Gasteiger partial charge on any atom is -0.456 e. The normalized spacial score (nSPS) is 13.9. The van der Waals surface area contributed by atoms with E-state index in [0.29, 0.717) is 5.84 Å².